The lowest BCUT2D eigenvalue weighted by Crippen LogP contribution is -2.45. The summed E-state index contributed by atoms with van der Waals surface area (Å²) < 4.78 is 14.1. The Bertz CT molecular complexity index is 521. The summed E-state index contributed by atoms with van der Waals surface area (Å²) in [6.07, 6.45) is 0. The van der Waals surface area contributed by atoms with Crippen molar-refractivity contribution in [2.24, 2.45) is 0 Å². The van der Waals surface area contributed by atoms with Crippen molar-refractivity contribution in [2.45, 2.75) is 6.04 Å². The van der Waals surface area contributed by atoms with Crippen molar-refractivity contribution in [2.75, 3.05) is 26.2 Å². The molecule has 2 aromatic rings. The van der Waals surface area contributed by atoms with Gasteiger partial charge in [-0.1, -0.05) is 18.2 Å². The number of benzene rings is 1. The van der Waals surface area contributed by atoms with E-state index in [0.717, 1.165) is 31.7 Å². The second-order valence-corrected chi connectivity index (χ2v) is 5.55. The fourth-order valence-electron chi connectivity index (χ4n) is 2.65. The molecule has 1 aliphatic rings. The van der Waals surface area contributed by atoms with E-state index in [4.69, 9.17) is 0 Å². The van der Waals surface area contributed by atoms with E-state index in [9.17, 15) is 4.39 Å². The lowest BCUT2D eigenvalue weighted by atomic mass is 9.98. The summed E-state index contributed by atoms with van der Waals surface area (Å²) in [7, 11) is 0. The number of nitrogens with one attached hydrogen (secondary N) is 1. The van der Waals surface area contributed by atoms with E-state index in [1.165, 1.54) is 5.56 Å². The van der Waals surface area contributed by atoms with Crippen LogP contribution in [0.5, 0.6) is 0 Å². The van der Waals surface area contributed by atoms with Crippen LogP contribution in [0.25, 0.3) is 0 Å². The quantitative estimate of drug-likeness (QED) is 0.927. The van der Waals surface area contributed by atoms with Gasteiger partial charge in [0.15, 0.2) is 0 Å². The third-order valence-electron chi connectivity index (χ3n) is 3.58. The molecule has 3 rings (SSSR count). The summed E-state index contributed by atoms with van der Waals surface area (Å²) in [5, 5.41) is 7.53. The van der Waals surface area contributed by atoms with E-state index in [1.807, 2.05) is 12.1 Å². The highest BCUT2D eigenvalue weighted by atomic mass is 32.1. The molecule has 1 unspecified atom stereocenters. The molecular weight excluding hydrogens is 259 g/mol. The standard InChI is InChI=1S/C15H17FN2S/c16-14-4-2-1-3-13(14)15(12-5-10-19-11-12)18-8-6-17-7-9-18/h1-5,10-11,15,17H,6-9H2. The average Bonchev–Trinajstić information content (AvgIpc) is 2.96. The Morgan fingerprint density at radius 2 is 1.95 bits per heavy atom. The lowest BCUT2D eigenvalue weighted by molar-refractivity contribution is 0.195. The van der Waals surface area contributed by atoms with Crippen molar-refractivity contribution >= 4 is 11.3 Å². The number of hydrogen-bond donors (Lipinski definition) is 1. The fraction of sp³-hybridized carbons (Fsp3) is 0.333. The van der Waals surface area contributed by atoms with Crippen molar-refractivity contribution in [3.63, 3.8) is 0 Å². The number of nitrogens with zero attached hydrogens (tertiary/aromatic N) is 1. The normalized spacial score (nSPS) is 18.4. The minimum Gasteiger partial charge on any atom is -0.314 e. The second-order valence-electron chi connectivity index (χ2n) is 4.77. The molecule has 100 valence electrons. The number of halogens is 1. The first-order chi connectivity index (χ1) is 9.36. The first-order valence-electron chi connectivity index (χ1n) is 6.57. The van der Waals surface area contributed by atoms with Crippen LogP contribution < -0.4 is 5.32 Å². The Labute approximate surface area is 116 Å². The van der Waals surface area contributed by atoms with E-state index in [0.29, 0.717) is 0 Å². The zero-order valence-electron chi connectivity index (χ0n) is 10.7. The molecule has 1 aromatic heterocycles. The van der Waals surface area contributed by atoms with Gasteiger partial charge in [-0.2, -0.15) is 11.3 Å². The van der Waals surface area contributed by atoms with Crippen molar-refractivity contribution in [3.05, 3.63) is 58.0 Å². The molecule has 1 N–H and O–H groups in total. The van der Waals surface area contributed by atoms with Crippen molar-refractivity contribution < 1.29 is 4.39 Å². The van der Waals surface area contributed by atoms with Gasteiger partial charge in [-0.3, -0.25) is 4.90 Å². The molecule has 1 aromatic carbocycles. The van der Waals surface area contributed by atoms with Crippen LogP contribution in [0, 0.1) is 5.82 Å². The molecule has 4 heteroatoms. The Kier molecular flexibility index (Phi) is 3.92. The van der Waals surface area contributed by atoms with Gasteiger partial charge in [0.2, 0.25) is 0 Å². The highest BCUT2D eigenvalue weighted by molar-refractivity contribution is 7.08. The lowest BCUT2D eigenvalue weighted by Gasteiger charge is -2.35. The monoisotopic (exact) mass is 276 g/mol. The summed E-state index contributed by atoms with van der Waals surface area (Å²) in [4.78, 5) is 2.36. The van der Waals surface area contributed by atoms with Gasteiger partial charge in [0, 0.05) is 31.7 Å². The van der Waals surface area contributed by atoms with Crippen LogP contribution in [0.2, 0.25) is 0 Å². The van der Waals surface area contributed by atoms with Gasteiger partial charge in [-0.25, -0.2) is 4.39 Å². The van der Waals surface area contributed by atoms with Crippen LogP contribution in [0.3, 0.4) is 0 Å². The Hall–Kier alpha value is -1.23. The highest BCUT2D eigenvalue weighted by Crippen LogP contribution is 2.31. The van der Waals surface area contributed by atoms with Crippen LogP contribution in [0.4, 0.5) is 4.39 Å². The third kappa shape index (κ3) is 2.71. The van der Waals surface area contributed by atoms with Crippen LogP contribution in [0.1, 0.15) is 17.2 Å². The van der Waals surface area contributed by atoms with Crippen LogP contribution >= 0.6 is 11.3 Å². The molecule has 1 atom stereocenters. The molecular formula is C15H17FN2S. The summed E-state index contributed by atoms with van der Waals surface area (Å²) in [5.41, 5.74) is 1.97. The maximum Gasteiger partial charge on any atom is 0.128 e. The fourth-order valence-corrected chi connectivity index (χ4v) is 3.33. The zero-order valence-corrected chi connectivity index (χ0v) is 11.5. The van der Waals surface area contributed by atoms with Gasteiger partial charge in [-0.05, 0) is 28.5 Å². The Balaban J connectivity index is 1.99. The van der Waals surface area contributed by atoms with E-state index < -0.39 is 0 Å². The first-order valence-corrected chi connectivity index (χ1v) is 7.52. The predicted molar refractivity (Wildman–Crippen MR) is 77.0 cm³/mol. The summed E-state index contributed by atoms with van der Waals surface area (Å²) in [6, 6.07) is 9.26. The van der Waals surface area contributed by atoms with Gasteiger partial charge in [0.25, 0.3) is 0 Å². The number of thiophene rings is 1. The molecule has 1 fully saturated rings. The minimum atomic E-state index is -0.114. The SMILES string of the molecule is Fc1ccccc1C(c1ccsc1)N1CCNCC1. The largest absolute Gasteiger partial charge is 0.314 e. The molecule has 0 amide bonds. The second kappa shape index (κ2) is 5.82. The van der Waals surface area contributed by atoms with Crippen molar-refractivity contribution in [1.82, 2.24) is 10.2 Å². The van der Waals surface area contributed by atoms with E-state index in [1.54, 1.807) is 23.5 Å². The molecule has 0 bridgehead atoms. The van der Waals surface area contributed by atoms with E-state index in [2.05, 4.69) is 27.0 Å². The zero-order chi connectivity index (χ0) is 13.1. The summed E-state index contributed by atoms with van der Waals surface area (Å²) >= 11 is 1.67. The third-order valence-corrected chi connectivity index (χ3v) is 4.28. The van der Waals surface area contributed by atoms with Gasteiger partial charge in [0.1, 0.15) is 5.82 Å². The number of piperazine rings is 1. The van der Waals surface area contributed by atoms with Gasteiger partial charge in [0.05, 0.1) is 6.04 Å². The van der Waals surface area contributed by atoms with E-state index in [-0.39, 0.29) is 11.9 Å². The Morgan fingerprint density at radius 3 is 2.63 bits per heavy atom. The summed E-state index contributed by atoms with van der Waals surface area (Å²) in [5.74, 6) is -0.114. The maximum atomic E-state index is 14.1. The van der Waals surface area contributed by atoms with Crippen LogP contribution in [-0.2, 0) is 0 Å². The number of hydrogen-bond acceptors (Lipinski definition) is 3. The minimum absolute atomic E-state index is 0.0366. The molecule has 1 saturated heterocycles. The van der Waals surface area contributed by atoms with Crippen LogP contribution in [-0.4, -0.2) is 31.1 Å². The van der Waals surface area contributed by atoms with Crippen LogP contribution in [0.15, 0.2) is 41.1 Å². The number of rotatable bonds is 3. The van der Waals surface area contributed by atoms with E-state index >= 15 is 0 Å². The molecule has 1 aliphatic heterocycles. The molecule has 0 radical (unpaired) electrons. The summed E-state index contributed by atoms with van der Waals surface area (Å²) in [6.45, 7) is 3.84. The maximum absolute atomic E-state index is 14.1. The van der Waals surface area contributed by atoms with Crippen molar-refractivity contribution in [3.8, 4) is 0 Å². The van der Waals surface area contributed by atoms with Gasteiger partial charge >= 0.3 is 0 Å². The topological polar surface area (TPSA) is 15.3 Å². The first kappa shape index (κ1) is 12.8. The average molecular weight is 276 g/mol. The molecule has 0 spiro atoms. The Morgan fingerprint density at radius 1 is 1.16 bits per heavy atom. The molecule has 2 nitrogen and oxygen atoms in total. The molecule has 2 heterocycles. The van der Waals surface area contributed by atoms with Gasteiger partial charge in [-0.15, -0.1) is 0 Å². The predicted octanol–water partition coefficient (Wildman–Crippen LogP) is 2.88. The smallest absolute Gasteiger partial charge is 0.128 e. The van der Waals surface area contributed by atoms with Gasteiger partial charge < -0.3 is 5.32 Å². The van der Waals surface area contributed by atoms with Crippen molar-refractivity contribution in [1.29, 1.82) is 0 Å². The molecule has 19 heavy (non-hydrogen) atoms. The molecule has 0 aliphatic carbocycles. The molecule has 0 saturated carbocycles. The highest BCUT2D eigenvalue weighted by Gasteiger charge is 2.26.